The fraction of sp³-hybridized carbons (Fsp3) is 0.600. The fourth-order valence-corrected chi connectivity index (χ4v) is 3.36. The van der Waals surface area contributed by atoms with Crippen molar-refractivity contribution in [2.45, 2.75) is 39.4 Å². The summed E-state index contributed by atoms with van der Waals surface area (Å²) in [5.41, 5.74) is 8.75. The lowest BCUT2D eigenvalue weighted by atomic mass is 9.87. The van der Waals surface area contributed by atoms with Gasteiger partial charge in [-0.3, -0.25) is 9.59 Å². The quantitative estimate of drug-likeness (QED) is 0.337. The number of benzene rings is 1. The van der Waals surface area contributed by atoms with Gasteiger partial charge in [0.15, 0.2) is 0 Å². The SMILES string of the molecule is CCc1c(C(=O)N(C)CC(O)CO)c(C)c(N)c(C)c1C(=O)N(C)CC(O)CO. The minimum absolute atomic E-state index is 0.0718. The van der Waals surface area contributed by atoms with Crippen LogP contribution in [-0.2, 0) is 6.42 Å². The molecule has 0 bridgehead atoms. The zero-order chi connectivity index (χ0) is 22.5. The monoisotopic (exact) mass is 411 g/mol. The number of nitrogen functional groups attached to an aromatic ring is 1. The maximum absolute atomic E-state index is 13.1. The molecule has 0 spiro atoms. The predicted octanol–water partition coefficient (Wildman–Crippen LogP) is -0.702. The van der Waals surface area contributed by atoms with Crippen LogP contribution in [0.3, 0.4) is 0 Å². The van der Waals surface area contributed by atoms with Gasteiger partial charge in [0, 0.05) is 44.0 Å². The second-order valence-electron chi connectivity index (χ2n) is 7.29. The van der Waals surface area contributed by atoms with Gasteiger partial charge < -0.3 is 36.0 Å². The van der Waals surface area contributed by atoms with Crippen LogP contribution >= 0.6 is 0 Å². The summed E-state index contributed by atoms with van der Waals surface area (Å²) in [7, 11) is 3.00. The summed E-state index contributed by atoms with van der Waals surface area (Å²) >= 11 is 0. The molecule has 0 aromatic heterocycles. The van der Waals surface area contributed by atoms with Gasteiger partial charge in [0.1, 0.15) is 0 Å². The molecule has 0 heterocycles. The highest BCUT2D eigenvalue weighted by Crippen LogP contribution is 2.32. The third-order valence-electron chi connectivity index (χ3n) is 5.03. The first-order valence-corrected chi connectivity index (χ1v) is 9.51. The molecule has 164 valence electrons. The second-order valence-corrected chi connectivity index (χ2v) is 7.29. The lowest BCUT2D eigenvalue weighted by Crippen LogP contribution is -2.39. The molecule has 29 heavy (non-hydrogen) atoms. The zero-order valence-electron chi connectivity index (χ0n) is 17.8. The number of hydrogen-bond donors (Lipinski definition) is 5. The standard InChI is InChI=1S/C20H33N3O6/c1-6-15-16(19(28)22(4)7-13(26)9-24)11(2)18(21)12(3)17(15)20(29)23(5)8-14(27)10-25/h13-14,24-27H,6-10,21H2,1-5H3. The van der Waals surface area contributed by atoms with E-state index in [1.807, 2.05) is 6.92 Å². The Morgan fingerprint density at radius 2 is 1.24 bits per heavy atom. The molecule has 0 aliphatic carbocycles. The van der Waals surface area contributed by atoms with Crippen molar-refractivity contribution in [1.29, 1.82) is 0 Å². The Balaban J connectivity index is 3.53. The Bertz CT molecular complexity index is 695. The number of aliphatic hydroxyl groups is 4. The van der Waals surface area contributed by atoms with Crippen molar-refractivity contribution in [2.75, 3.05) is 46.1 Å². The average Bonchev–Trinajstić information content (AvgIpc) is 2.70. The molecule has 2 unspecified atom stereocenters. The highest BCUT2D eigenvalue weighted by Gasteiger charge is 2.29. The molecule has 2 amide bonds. The van der Waals surface area contributed by atoms with Gasteiger partial charge in [-0.05, 0) is 37.0 Å². The fourth-order valence-electron chi connectivity index (χ4n) is 3.36. The molecule has 0 saturated heterocycles. The van der Waals surface area contributed by atoms with Crippen LogP contribution in [0.15, 0.2) is 0 Å². The van der Waals surface area contributed by atoms with Crippen molar-refractivity contribution in [3.63, 3.8) is 0 Å². The van der Waals surface area contributed by atoms with Crippen LogP contribution in [0.1, 0.15) is 44.3 Å². The first-order chi connectivity index (χ1) is 13.5. The second kappa shape index (κ2) is 10.5. The predicted molar refractivity (Wildman–Crippen MR) is 110 cm³/mol. The van der Waals surface area contributed by atoms with Crippen molar-refractivity contribution < 1.29 is 30.0 Å². The smallest absolute Gasteiger partial charge is 0.254 e. The molecule has 9 heteroatoms. The molecule has 0 radical (unpaired) electrons. The average molecular weight is 411 g/mol. The van der Waals surface area contributed by atoms with E-state index in [2.05, 4.69) is 0 Å². The Hall–Kier alpha value is -2.20. The molecule has 0 aliphatic heterocycles. The Labute approximate surface area is 171 Å². The molecule has 0 saturated carbocycles. The van der Waals surface area contributed by atoms with Crippen LogP contribution < -0.4 is 5.73 Å². The van der Waals surface area contributed by atoms with E-state index in [0.717, 1.165) is 0 Å². The molecule has 0 fully saturated rings. The van der Waals surface area contributed by atoms with Crippen molar-refractivity contribution in [3.8, 4) is 0 Å². The zero-order valence-corrected chi connectivity index (χ0v) is 17.8. The van der Waals surface area contributed by atoms with Crippen LogP contribution in [0, 0.1) is 13.8 Å². The number of carbonyl (C=O) groups is 2. The van der Waals surface area contributed by atoms with Gasteiger partial charge in [-0.25, -0.2) is 0 Å². The van der Waals surface area contributed by atoms with Crippen molar-refractivity contribution in [3.05, 3.63) is 27.8 Å². The lowest BCUT2D eigenvalue weighted by molar-refractivity contribution is 0.0514. The van der Waals surface area contributed by atoms with E-state index >= 15 is 0 Å². The lowest BCUT2D eigenvalue weighted by Gasteiger charge is -2.27. The molecule has 0 aliphatic rings. The molecular weight excluding hydrogens is 378 g/mol. The van der Waals surface area contributed by atoms with Gasteiger partial charge >= 0.3 is 0 Å². The summed E-state index contributed by atoms with van der Waals surface area (Å²) in [6, 6.07) is 0. The summed E-state index contributed by atoms with van der Waals surface area (Å²) in [5.74, 6) is -0.823. The van der Waals surface area contributed by atoms with Crippen molar-refractivity contribution in [2.24, 2.45) is 0 Å². The largest absolute Gasteiger partial charge is 0.398 e. The number of nitrogens with two attached hydrogens (primary N) is 1. The molecule has 1 aromatic rings. The molecule has 1 rings (SSSR count). The van der Waals surface area contributed by atoms with Crippen molar-refractivity contribution >= 4 is 17.5 Å². The summed E-state index contributed by atoms with van der Waals surface area (Å²) in [5, 5.41) is 37.4. The van der Waals surface area contributed by atoms with Gasteiger partial charge in [0.05, 0.1) is 25.4 Å². The van der Waals surface area contributed by atoms with Crippen LogP contribution in [0.2, 0.25) is 0 Å². The first kappa shape index (κ1) is 24.8. The van der Waals surface area contributed by atoms with E-state index in [1.54, 1.807) is 13.8 Å². The number of rotatable bonds is 9. The number of amides is 2. The van der Waals surface area contributed by atoms with Gasteiger partial charge in [-0.1, -0.05) is 6.92 Å². The van der Waals surface area contributed by atoms with E-state index < -0.39 is 37.2 Å². The van der Waals surface area contributed by atoms with Crippen molar-refractivity contribution in [1.82, 2.24) is 9.80 Å². The van der Waals surface area contributed by atoms with Crippen LogP contribution in [-0.4, -0.2) is 94.6 Å². The number of anilines is 1. The topological polar surface area (TPSA) is 148 Å². The first-order valence-electron chi connectivity index (χ1n) is 9.51. The number of nitrogens with zero attached hydrogens (tertiary/aromatic N) is 2. The Morgan fingerprint density at radius 3 is 1.52 bits per heavy atom. The number of hydrogen-bond acceptors (Lipinski definition) is 7. The van der Waals surface area contributed by atoms with Gasteiger partial charge in [-0.2, -0.15) is 0 Å². The summed E-state index contributed by atoms with van der Waals surface area (Å²) < 4.78 is 0. The minimum Gasteiger partial charge on any atom is -0.398 e. The highest BCUT2D eigenvalue weighted by molar-refractivity contribution is 6.06. The van der Waals surface area contributed by atoms with E-state index in [4.69, 9.17) is 15.9 Å². The molecule has 6 N–H and O–H groups in total. The Kier molecular flexibility index (Phi) is 9.03. The van der Waals surface area contributed by atoms with E-state index in [-0.39, 0.29) is 13.1 Å². The summed E-state index contributed by atoms with van der Waals surface area (Å²) in [6.45, 7) is 4.14. The van der Waals surface area contributed by atoms with Crippen LogP contribution in [0.25, 0.3) is 0 Å². The summed E-state index contributed by atoms with van der Waals surface area (Å²) in [6.07, 6.45) is -1.77. The number of likely N-dealkylation sites (N-methyl/N-ethyl adjacent to an activating group) is 2. The maximum atomic E-state index is 13.1. The van der Waals surface area contributed by atoms with E-state index in [1.165, 1.54) is 23.9 Å². The third kappa shape index (κ3) is 5.45. The van der Waals surface area contributed by atoms with Gasteiger partial charge in [0.25, 0.3) is 11.8 Å². The molecule has 1 aromatic carbocycles. The molecule has 2 atom stereocenters. The van der Waals surface area contributed by atoms with E-state index in [0.29, 0.717) is 39.9 Å². The highest BCUT2D eigenvalue weighted by atomic mass is 16.3. The normalized spacial score (nSPS) is 13.1. The molecule has 9 nitrogen and oxygen atoms in total. The van der Waals surface area contributed by atoms with Gasteiger partial charge in [0.2, 0.25) is 0 Å². The number of carbonyl (C=O) groups excluding carboxylic acids is 2. The number of aliphatic hydroxyl groups excluding tert-OH is 4. The Morgan fingerprint density at radius 1 is 0.897 bits per heavy atom. The van der Waals surface area contributed by atoms with Gasteiger partial charge in [-0.15, -0.1) is 0 Å². The minimum atomic E-state index is -1.08. The maximum Gasteiger partial charge on any atom is 0.254 e. The van der Waals surface area contributed by atoms with Crippen LogP contribution in [0.5, 0.6) is 0 Å². The third-order valence-corrected chi connectivity index (χ3v) is 5.03. The summed E-state index contributed by atoms with van der Waals surface area (Å²) in [4.78, 5) is 28.8. The van der Waals surface area contributed by atoms with Crippen LogP contribution in [0.4, 0.5) is 5.69 Å². The van der Waals surface area contributed by atoms with E-state index in [9.17, 15) is 19.8 Å². The molecular formula is C20H33N3O6.